The van der Waals surface area contributed by atoms with Crippen LogP contribution in [0.2, 0.25) is 15.9 Å². The van der Waals surface area contributed by atoms with Crippen LogP contribution in [0.3, 0.4) is 0 Å². The summed E-state index contributed by atoms with van der Waals surface area (Å²) in [5.74, 6) is 5.23. The number of ketones is 1. The van der Waals surface area contributed by atoms with Crippen LogP contribution >= 0.6 is 34.8 Å². The van der Waals surface area contributed by atoms with Gasteiger partial charge in [-0.2, -0.15) is 9.66 Å². The number of nitrogens with zero attached hydrogens (tertiary/aromatic N) is 9. The molecular weight excluding hydrogens is 1800 g/mol. The molecule has 8 atom stereocenters. The van der Waals surface area contributed by atoms with E-state index in [9.17, 15) is 26.4 Å². The average Bonchev–Trinajstić information content (AvgIpc) is 1.56. The molecule has 678 valence electrons. The van der Waals surface area contributed by atoms with Gasteiger partial charge in [-0.3, -0.25) is 22.3 Å². The third-order valence-electron chi connectivity index (χ3n) is 23.7. The lowest BCUT2D eigenvalue weighted by atomic mass is 8.31. The van der Waals surface area contributed by atoms with Gasteiger partial charge in [0.1, 0.15) is 52.6 Å². The molecule has 7 N–H and O–H groups in total. The van der Waals surface area contributed by atoms with Crippen molar-refractivity contribution in [2.45, 2.75) is 193 Å². The predicted molar refractivity (Wildman–Crippen MR) is 588 cm³/mol. The minimum atomic E-state index is -1.11. The Kier molecular flexibility index (Phi) is 50.8. The first-order chi connectivity index (χ1) is 61.7. The molecule has 11 heterocycles. The number of ether oxygens (including phenoxy) is 7. The van der Waals surface area contributed by atoms with E-state index in [1.54, 1.807) is 41.7 Å². The number of nitrogens with two attached hydrogens (primary N) is 2. The number of nitriles is 1. The third-order valence-corrected chi connectivity index (χ3v) is 32.3. The van der Waals surface area contributed by atoms with E-state index in [1.807, 2.05) is 83.1 Å². The lowest BCUT2D eigenvalue weighted by molar-refractivity contribution is -0.140. The van der Waals surface area contributed by atoms with E-state index in [4.69, 9.17) is 204 Å². The molecule has 27 nitrogen and oxygen atoms in total. The minimum Gasteiger partial charge on any atom is -0.380 e. The summed E-state index contributed by atoms with van der Waals surface area (Å²) in [6, 6.07) is 7.60. The van der Waals surface area contributed by atoms with Crippen molar-refractivity contribution in [2.75, 3.05) is 125 Å². The molecule has 0 aromatic carbocycles. The quantitative estimate of drug-likeness (QED) is 0.0320. The molecule has 0 saturated carbocycles. The molecule has 1 spiro atoms. The highest BCUT2D eigenvalue weighted by molar-refractivity contribution is 8.28. The van der Waals surface area contributed by atoms with Crippen molar-refractivity contribution in [2.24, 2.45) is 55.8 Å². The molecule has 0 bridgehead atoms. The van der Waals surface area contributed by atoms with Gasteiger partial charge in [-0.05, 0) is 160 Å². The van der Waals surface area contributed by atoms with E-state index in [1.165, 1.54) is 0 Å². The molecule has 8 aliphatic rings. The Morgan fingerprint density at radius 2 is 0.821 bits per heavy atom. The van der Waals surface area contributed by atoms with E-state index in [2.05, 4.69) is 116 Å². The van der Waals surface area contributed by atoms with E-state index in [0.717, 1.165) is 5.71 Å². The number of rotatable bonds is 32. The van der Waals surface area contributed by atoms with Crippen molar-refractivity contribution in [3.05, 3.63) is 52.6 Å². The minimum absolute atomic E-state index is 0.000262. The van der Waals surface area contributed by atoms with Crippen LogP contribution in [0.4, 0.5) is 22.2 Å². The molecule has 32 radical (unpaired) electrons. The number of carbonyl (C=O) groups is 2. The molecule has 0 aliphatic carbocycles. The maximum Gasteiger partial charge on any atom is 0.324 e. The maximum absolute atomic E-state index is 12.7. The summed E-state index contributed by atoms with van der Waals surface area (Å²) >= 11 is 17.4. The first kappa shape index (κ1) is 124. The number of hydrogen-bond acceptors (Lipinski definition) is 24. The monoisotopic (exact) mass is 1920 g/mol. The number of carbonyl (C=O) groups excluding carboxylic acids is 2. The fourth-order valence-corrected chi connectivity index (χ4v) is 20.8. The van der Waals surface area contributed by atoms with E-state index in [-0.39, 0.29) is 98.6 Å². The lowest BCUT2D eigenvalue weighted by Gasteiger charge is -2.50. The van der Waals surface area contributed by atoms with Crippen LogP contribution in [0, 0.1) is 51.2 Å². The van der Waals surface area contributed by atoms with Crippen LogP contribution in [0.15, 0.2) is 41.2 Å². The fourth-order valence-electron chi connectivity index (χ4n) is 16.0. The Balaban J connectivity index is 0.000000330. The molecule has 3 aromatic heterocycles. The van der Waals surface area contributed by atoms with Gasteiger partial charge in [-0.25, -0.2) is 38.9 Å². The Labute approximate surface area is 852 Å². The molecule has 2 amide bonds. The van der Waals surface area contributed by atoms with E-state index < -0.39 is 138 Å². The Hall–Kier alpha value is -2.00. The normalized spacial score (nSPS) is 19.2. The van der Waals surface area contributed by atoms with Crippen molar-refractivity contribution in [1.29, 1.82) is 5.26 Å². The van der Waals surface area contributed by atoms with Crippen LogP contribution in [0.25, 0.3) is 0 Å². The molecule has 4 unspecified atom stereocenters. The van der Waals surface area contributed by atoms with Gasteiger partial charge in [0.2, 0.25) is 15.9 Å². The zero-order valence-corrected chi connectivity index (χ0v) is 87.2. The lowest BCUT2D eigenvalue weighted by Crippen LogP contribution is -2.88. The van der Waals surface area contributed by atoms with Crippen molar-refractivity contribution in [3.63, 3.8) is 0 Å². The number of amides is 2. The first-order valence-electron chi connectivity index (χ1n) is 44.6. The van der Waals surface area contributed by atoms with Crippen LogP contribution in [0.1, 0.15) is 138 Å². The molecule has 3 aromatic rings. The zero-order chi connectivity index (χ0) is 102. The highest BCUT2D eigenvalue weighted by Gasteiger charge is 2.59. The highest BCUT2D eigenvalue weighted by Crippen LogP contribution is 2.42. The van der Waals surface area contributed by atoms with E-state index >= 15 is 0 Å². The largest absolute Gasteiger partial charge is 0.380 e. The van der Waals surface area contributed by atoms with Crippen LogP contribution in [-0.2, 0) is 81.3 Å². The smallest absolute Gasteiger partial charge is 0.324 e. The first-order valence-corrected chi connectivity index (χ1v) is 50.8. The summed E-state index contributed by atoms with van der Waals surface area (Å²) in [5, 5.41) is 19.3. The van der Waals surface area contributed by atoms with Gasteiger partial charge in [-0.15, -0.1) is 0 Å². The van der Waals surface area contributed by atoms with Gasteiger partial charge >= 0.3 is 6.03 Å². The topological polar surface area (TPSA) is 372 Å². The number of hydrogen-bond donors (Lipinski definition) is 5. The molecular formula is C70H115B30Cl3N14O13S4. The second kappa shape index (κ2) is 54.8. The molecule has 134 heavy (non-hydrogen) atoms. The van der Waals surface area contributed by atoms with Gasteiger partial charge in [0.15, 0.2) is 5.78 Å². The summed E-state index contributed by atoms with van der Waals surface area (Å²) in [7, 11) is 92.5. The standard InChI is InChI=1S/C16H26ClN3O2S.C12H15ClN4O2.C12H25NO2S.C11H17ClN4O.C9H15NO2S.C7H13NO2S.C3H4O2.B30/c1-11(2)13(19-12-6-7-18-14(17)20-12)16(8-22-9-16)10-23(21)15(3,4)5;1-7(2)9-12(5-19-6-12)16-11(18)17(9)8-3-4-14-10(13)15-8;1-9(2)10(13)12(6-15-7-12)8-16(14)11(3,4)5;1-7(2)9(11(13)5-17-6-11)15-8-3-4-14-10(12)16-8;1-8(2,3)13(11)7-9(4-10)5-12-6-9;1-7(2,3)11(9)8-6-4-10-5-6;4-3-1-5-2-3;1-17(2)25(18(3)4)29(26(19(5)6)20(7)8)30(27(21(9)10)22(11)12)28(23(13)14)24(15)16/h6-7,11,13H,8-10H2,1-5H3,(H,18,19,20);3-4,7,9H,5-6H2,1-2H3,(H,16,18);9-10H,6-8,13H2,1-5H3;3-4,7,9H,5-6,13H2,1-2H3,(H,14,15,16);5-7H2,1-3H3;4-5H2,1-3H3;1-2H2;/t13?,23-;;10?,16-;;13-;11-;;/m1.1.10../s1. The summed E-state index contributed by atoms with van der Waals surface area (Å²) in [4.78, 5) is 47.8. The predicted octanol–water partition coefficient (Wildman–Crippen LogP) is -2.43. The van der Waals surface area contributed by atoms with Gasteiger partial charge < -0.3 is 60.6 Å². The SMILES string of the molecule is CC(C)(C)[S@](=O)CC1(C#N)COC1.CC(C)(C)[S@](=O)N=C1COC1.CC(C)C(N)C1(C[S@@](=O)C(C)(C)C)COC1.CC(C)C(Nc1ccnc(Cl)n1)C1(C[S@@](=O)C(C)(C)C)COC1.CC(C)C(Nc1ccnc(Cl)n1)C1(N)COC1.CC(C)C1N(c2ccnc(Cl)n2)C(=O)NC12COC2.O=C1COC1.[B]B([B])B(B([B])[B])B(B(B([B])[B])B([B])[B])B(B(B([B])[B])B([B])[B])B(B([B])[B])B([B])[B]. The molecule has 8 saturated heterocycles. The zero-order valence-electron chi connectivity index (χ0n) is 81.7. The van der Waals surface area contributed by atoms with Crippen molar-refractivity contribution in [1.82, 2.24) is 35.2 Å². The van der Waals surface area contributed by atoms with E-state index in [0.29, 0.717) is 145 Å². The Morgan fingerprint density at radius 3 is 1.07 bits per heavy atom. The van der Waals surface area contributed by atoms with Gasteiger partial charge in [0, 0.05) is 319 Å². The number of nitrogens with one attached hydrogen (secondary N) is 3. The summed E-state index contributed by atoms with van der Waals surface area (Å²) in [6.07, 6.45) is -8.91. The number of aromatic nitrogens is 6. The van der Waals surface area contributed by atoms with Crippen LogP contribution in [0.5, 0.6) is 0 Å². The van der Waals surface area contributed by atoms with Gasteiger partial charge in [-0.1, -0.05) is 55.4 Å². The van der Waals surface area contributed by atoms with Crippen LogP contribution < -0.4 is 32.3 Å². The Bertz CT molecular complexity index is 4220. The molecule has 64 heteroatoms. The number of Topliss-reactive ketones (excluding diaryl/α,β-unsaturated/α-hetero) is 1. The fraction of sp³-hybridized carbons (Fsp3) is 0.771. The summed E-state index contributed by atoms with van der Waals surface area (Å²) < 4.78 is 86.8. The van der Waals surface area contributed by atoms with Crippen LogP contribution in [-0.4, -0.2) is 441 Å². The van der Waals surface area contributed by atoms with Crippen molar-refractivity contribution >= 4 is 326 Å². The average molecular weight is 1920 g/mol. The van der Waals surface area contributed by atoms with Gasteiger partial charge in [0.05, 0.1) is 113 Å². The summed E-state index contributed by atoms with van der Waals surface area (Å²) in [5.41, 5.74) is 12.1. The van der Waals surface area contributed by atoms with Gasteiger partial charge in [0.25, 0.3) is 0 Å². The second-order valence-corrected chi connectivity index (χ2v) is 50.5. The van der Waals surface area contributed by atoms with Crippen molar-refractivity contribution < 1.29 is 59.6 Å². The summed E-state index contributed by atoms with van der Waals surface area (Å²) in [6.45, 7) is 48.0. The number of urea groups is 1. The maximum atomic E-state index is 12.7. The second-order valence-electron chi connectivity index (χ2n) is 41.0. The Morgan fingerprint density at radius 1 is 0.485 bits per heavy atom. The molecule has 11 rings (SSSR count). The molecule has 8 aliphatic heterocycles. The highest BCUT2D eigenvalue weighted by atomic mass is 35.5. The third kappa shape index (κ3) is 36.6. The molecule has 8 fully saturated rings. The number of anilines is 3. The number of halogens is 3. The van der Waals surface area contributed by atoms with Crippen molar-refractivity contribution in [3.8, 4) is 6.07 Å².